The zero-order chi connectivity index (χ0) is 17.6. The molecular formula is C21H24ClNO2. The van der Waals surface area contributed by atoms with Crippen molar-refractivity contribution >= 4 is 17.5 Å². The third-order valence-corrected chi connectivity index (χ3v) is 4.99. The molecule has 0 saturated carbocycles. The van der Waals surface area contributed by atoms with Gasteiger partial charge in [0.1, 0.15) is 5.75 Å². The van der Waals surface area contributed by atoms with Crippen molar-refractivity contribution in [2.75, 3.05) is 13.1 Å². The van der Waals surface area contributed by atoms with Crippen LogP contribution in [-0.4, -0.2) is 30.0 Å². The highest BCUT2D eigenvalue weighted by molar-refractivity contribution is 6.30. The fraction of sp³-hybridized carbons (Fsp3) is 0.381. The predicted molar refractivity (Wildman–Crippen MR) is 101 cm³/mol. The lowest BCUT2D eigenvalue weighted by Crippen LogP contribution is -2.45. The summed E-state index contributed by atoms with van der Waals surface area (Å²) in [6, 6.07) is 17.7. The molecule has 1 atom stereocenters. The van der Waals surface area contributed by atoms with E-state index in [0.717, 1.165) is 32.4 Å². The van der Waals surface area contributed by atoms with Gasteiger partial charge < -0.3 is 9.64 Å². The number of piperidine rings is 1. The highest BCUT2D eigenvalue weighted by Crippen LogP contribution is 2.23. The van der Waals surface area contributed by atoms with Crippen LogP contribution < -0.4 is 4.74 Å². The van der Waals surface area contributed by atoms with E-state index in [2.05, 4.69) is 24.3 Å². The first-order chi connectivity index (χ1) is 12.1. The van der Waals surface area contributed by atoms with Crippen LogP contribution in [0, 0.1) is 5.92 Å². The molecule has 1 aliphatic rings. The van der Waals surface area contributed by atoms with Crippen LogP contribution in [0.5, 0.6) is 5.75 Å². The minimum atomic E-state index is -0.496. The number of amides is 1. The first-order valence-corrected chi connectivity index (χ1v) is 9.24. The van der Waals surface area contributed by atoms with Gasteiger partial charge in [-0.15, -0.1) is 0 Å². The smallest absolute Gasteiger partial charge is 0.263 e. The largest absolute Gasteiger partial charge is 0.481 e. The number of rotatable bonds is 5. The van der Waals surface area contributed by atoms with Crippen molar-refractivity contribution in [2.24, 2.45) is 5.92 Å². The van der Waals surface area contributed by atoms with E-state index < -0.39 is 6.10 Å². The lowest BCUT2D eigenvalue weighted by Gasteiger charge is -2.33. The summed E-state index contributed by atoms with van der Waals surface area (Å²) in [4.78, 5) is 14.5. The van der Waals surface area contributed by atoms with Gasteiger partial charge in [-0.05, 0) is 55.9 Å². The van der Waals surface area contributed by atoms with E-state index in [9.17, 15) is 4.79 Å². The van der Waals surface area contributed by atoms with Crippen LogP contribution in [0.25, 0.3) is 0 Å². The van der Waals surface area contributed by atoms with Crippen LogP contribution in [0.1, 0.15) is 25.3 Å². The molecule has 0 bridgehead atoms. The Labute approximate surface area is 154 Å². The molecule has 1 fully saturated rings. The molecule has 3 nitrogen and oxygen atoms in total. The number of likely N-dealkylation sites (tertiary alicyclic amines) is 1. The van der Waals surface area contributed by atoms with Gasteiger partial charge in [0, 0.05) is 18.1 Å². The highest BCUT2D eigenvalue weighted by Gasteiger charge is 2.27. The van der Waals surface area contributed by atoms with Gasteiger partial charge >= 0.3 is 0 Å². The first-order valence-electron chi connectivity index (χ1n) is 8.87. The van der Waals surface area contributed by atoms with E-state index in [4.69, 9.17) is 16.3 Å². The van der Waals surface area contributed by atoms with Crippen LogP contribution in [0.15, 0.2) is 54.6 Å². The lowest BCUT2D eigenvalue weighted by molar-refractivity contribution is -0.139. The molecule has 0 radical (unpaired) electrons. The van der Waals surface area contributed by atoms with Gasteiger partial charge in [-0.1, -0.05) is 48.0 Å². The van der Waals surface area contributed by atoms with E-state index in [1.54, 1.807) is 19.1 Å². The Morgan fingerprint density at radius 2 is 1.88 bits per heavy atom. The molecule has 1 saturated heterocycles. The highest BCUT2D eigenvalue weighted by atomic mass is 35.5. The minimum absolute atomic E-state index is 0.0538. The summed E-state index contributed by atoms with van der Waals surface area (Å²) in [5.41, 5.74) is 1.38. The van der Waals surface area contributed by atoms with Gasteiger partial charge in [-0.25, -0.2) is 0 Å². The maximum absolute atomic E-state index is 12.6. The van der Waals surface area contributed by atoms with Gasteiger partial charge in [0.2, 0.25) is 0 Å². The van der Waals surface area contributed by atoms with Gasteiger partial charge in [-0.2, -0.15) is 0 Å². The quantitative estimate of drug-likeness (QED) is 0.783. The van der Waals surface area contributed by atoms with Crippen molar-refractivity contribution in [1.29, 1.82) is 0 Å². The Balaban J connectivity index is 1.49. The molecule has 0 aliphatic carbocycles. The Hall–Kier alpha value is -2.00. The molecule has 1 amide bonds. The summed E-state index contributed by atoms with van der Waals surface area (Å²) in [7, 11) is 0. The first kappa shape index (κ1) is 17.8. The van der Waals surface area contributed by atoms with E-state index in [1.807, 2.05) is 23.1 Å². The number of carbonyl (C=O) groups excluding carboxylic acids is 1. The Kier molecular flexibility index (Phi) is 5.98. The Morgan fingerprint density at radius 1 is 1.16 bits per heavy atom. The SMILES string of the molecule is CC(Oc1cccc(Cl)c1)C(=O)N1CCC(Cc2ccccc2)CC1. The van der Waals surface area contributed by atoms with Gasteiger partial charge in [0.25, 0.3) is 5.91 Å². The standard InChI is InChI=1S/C21H24ClNO2/c1-16(25-20-9-5-8-19(22)15-20)21(24)23-12-10-18(11-13-23)14-17-6-3-2-4-7-17/h2-9,15-16,18H,10-14H2,1H3. The van der Waals surface area contributed by atoms with Crippen molar-refractivity contribution < 1.29 is 9.53 Å². The molecule has 0 spiro atoms. The summed E-state index contributed by atoms with van der Waals surface area (Å²) >= 11 is 5.96. The molecule has 0 aromatic heterocycles. The summed E-state index contributed by atoms with van der Waals surface area (Å²) in [5, 5.41) is 0.610. The van der Waals surface area contributed by atoms with E-state index in [0.29, 0.717) is 16.7 Å². The second kappa shape index (κ2) is 8.39. The third kappa shape index (κ3) is 4.99. The van der Waals surface area contributed by atoms with Crippen LogP contribution in [0.3, 0.4) is 0 Å². The average molecular weight is 358 g/mol. The predicted octanol–water partition coefficient (Wildman–Crippen LogP) is 4.59. The van der Waals surface area contributed by atoms with Gasteiger partial charge in [0.05, 0.1) is 0 Å². The molecule has 25 heavy (non-hydrogen) atoms. The van der Waals surface area contributed by atoms with Crippen LogP contribution in [-0.2, 0) is 11.2 Å². The van der Waals surface area contributed by atoms with Gasteiger partial charge in [-0.3, -0.25) is 4.79 Å². The molecule has 1 heterocycles. The number of halogens is 1. The number of hydrogen-bond donors (Lipinski definition) is 0. The van der Waals surface area contributed by atoms with E-state index in [1.165, 1.54) is 5.56 Å². The maximum Gasteiger partial charge on any atom is 0.263 e. The fourth-order valence-electron chi connectivity index (χ4n) is 3.36. The molecule has 1 unspecified atom stereocenters. The molecule has 2 aromatic rings. The normalized spacial score (nSPS) is 16.5. The summed E-state index contributed by atoms with van der Waals surface area (Å²) in [6.07, 6.45) is 2.69. The minimum Gasteiger partial charge on any atom is -0.481 e. The lowest BCUT2D eigenvalue weighted by atomic mass is 9.90. The van der Waals surface area contributed by atoms with E-state index in [-0.39, 0.29) is 5.91 Å². The van der Waals surface area contributed by atoms with Crippen LogP contribution in [0.2, 0.25) is 5.02 Å². The average Bonchev–Trinajstić information content (AvgIpc) is 2.62. The number of nitrogens with zero attached hydrogens (tertiary/aromatic N) is 1. The summed E-state index contributed by atoms with van der Waals surface area (Å²) in [6.45, 7) is 3.42. The van der Waals surface area contributed by atoms with Crippen molar-refractivity contribution in [3.05, 3.63) is 65.2 Å². The second-order valence-corrected chi connectivity index (χ2v) is 7.11. The van der Waals surface area contributed by atoms with Crippen molar-refractivity contribution in [2.45, 2.75) is 32.3 Å². The fourth-order valence-corrected chi connectivity index (χ4v) is 3.54. The third-order valence-electron chi connectivity index (χ3n) is 4.75. The van der Waals surface area contributed by atoms with Crippen LogP contribution >= 0.6 is 11.6 Å². The molecule has 2 aromatic carbocycles. The van der Waals surface area contributed by atoms with Crippen LogP contribution in [0.4, 0.5) is 0 Å². The van der Waals surface area contributed by atoms with Gasteiger partial charge in [0.15, 0.2) is 6.10 Å². The summed E-state index contributed by atoms with van der Waals surface area (Å²) in [5.74, 6) is 1.33. The molecule has 1 aliphatic heterocycles. The molecule has 4 heteroatoms. The van der Waals surface area contributed by atoms with E-state index >= 15 is 0 Å². The number of hydrogen-bond acceptors (Lipinski definition) is 2. The molecular weight excluding hydrogens is 334 g/mol. The van der Waals surface area contributed by atoms with Crippen molar-refractivity contribution in [3.63, 3.8) is 0 Å². The molecule has 132 valence electrons. The Bertz CT molecular complexity index is 696. The second-order valence-electron chi connectivity index (χ2n) is 6.68. The number of benzene rings is 2. The van der Waals surface area contributed by atoms with Crippen molar-refractivity contribution in [3.8, 4) is 5.75 Å². The maximum atomic E-state index is 12.6. The topological polar surface area (TPSA) is 29.5 Å². The Morgan fingerprint density at radius 3 is 2.56 bits per heavy atom. The monoisotopic (exact) mass is 357 g/mol. The summed E-state index contributed by atoms with van der Waals surface area (Å²) < 4.78 is 5.76. The molecule has 3 rings (SSSR count). The number of ether oxygens (including phenoxy) is 1. The van der Waals surface area contributed by atoms with Crippen molar-refractivity contribution in [1.82, 2.24) is 4.90 Å². The number of carbonyl (C=O) groups is 1. The zero-order valence-electron chi connectivity index (χ0n) is 14.5. The molecule has 0 N–H and O–H groups in total. The zero-order valence-corrected chi connectivity index (χ0v) is 15.3.